The van der Waals surface area contributed by atoms with Gasteiger partial charge in [0.1, 0.15) is 10.8 Å². The molecule has 0 amide bonds. The van der Waals surface area contributed by atoms with Crippen LogP contribution in [0.25, 0.3) is 16.0 Å². The van der Waals surface area contributed by atoms with Gasteiger partial charge in [-0.1, -0.05) is 6.07 Å². The van der Waals surface area contributed by atoms with Crippen molar-refractivity contribution in [1.29, 1.82) is 0 Å². The molecule has 3 nitrogen and oxygen atoms in total. The van der Waals surface area contributed by atoms with Crippen molar-refractivity contribution in [1.82, 2.24) is 4.98 Å². The molecule has 2 aromatic heterocycles. The minimum absolute atomic E-state index is 0.0478. The zero-order chi connectivity index (χ0) is 15.4. The number of aromatic nitrogens is 1. The van der Waals surface area contributed by atoms with Gasteiger partial charge in [-0.25, -0.2) is 4.98 Å². The summed E-state index contributed by atoms with van der Waals surface area (Å²) in [6.45, 7) is 0. The summed E-state index contributed by atoms with van der Waals surface area (Å²) in [6, 6.07) is 11.1. The summed E-state index contributed by atoms with van der Waals surface area (Å²) < 4.78 is 5.08. The molecule has 5 heteroatoms. The number of ketones is 1. The van der Waals surface area contributed by atoms with Crippen molar-refractivity contribution in [3.8, 4) is 15.6 Å². The second-order valence-corrected chi connectivity index (χ2v) is 6.29. The van der Waals surface area contributed by atoms with Gasteiger partial charge in [0.05, 0.1) is 17.7 Å². The van der Waals surface area contributed by atoms with Crippen molar-refractivity contribution in [2.45, 2.75) is 0 Å². The SMILES string of the molecule is COc1ccc(C(=O)C=Cc2csc(-c3cccs3)n2)cc1. The molecule has 0 saturated carbocycles. The fraction of sp³-hybridized carbons (Fsp3) is 0.0588. The summed E-state index contributed by atoms with van der Waals surface area (Å²) in [5, 5.41) is 4.96. The molecule has 3 rings (SSSR count). The van der Waals surface area contributed by atoms with Crippen LogP contribution in [0.5, 0.6) is 5.75 Å². The number of thiophene rings is 1. The van der Waals surface area contributed by atoms with Crippen molar-refractivity contribution in [3.63, 3.8) is 0 Å². The van der Waals surface area contributed by atoms with Crippen molar-refractivity contribution < 1.29 is 9.53 Å². The Labute approximate surface area is 136 Å². The molecule has 1 aromatic carbocycles. The number of thiazole rings is 1. The number of hydrogen-bond acceptors (Lipinski definition) is 5. The largest absolute Gasteiger partial charge is 0.497 e. The lowest BCUT2D eigenvalue weighted by Crippen LogP contribution is -1.94. The molecule has 110 valence electrons. The van der Waals surface area contributed by atoms with E-state index in [4.69, 9.17) is 4.74 Å². The highest BCUT2D eigenvalue weighted by Gasteiger charge is 2.05. The Morgan fingerprint density at radius 3 is 2.68 bits per heavy atom. The van der Waals surface area contributed by atoms with Gasteiger partial charge < -0.3 is 4.74 Å². The van der Waals surface area contributed by atoms with E-state index in [0.717, 1.165) is 21.3 Å². The topological polar surface area (TPSA) is 39.2 Å². The highest BCUT2D eigenvalue weighted by Crippen LogP contribution is 2.28. The van der Waals surface area contributed by atoms with Gasteiger partial charge in [-0.2, -0.15) is 0 Å². The summed E-state index contributed by atoms with van der Waals surface area (Å²) in [5.41, 5.74) is 1.43. The maximum atomic E-state index is 12.1. The molecule has 0 atom stereocenters. The number of rotatable bonds is 5. The molecule has 0 aliphatic rings. The lowest BCUT2D eigenvalue weighted by Gasteiger charge is -1.99. The Balaban J connectivity index is 1.72. The second-order valence-electron chi connectivity index (χ2n) is 4.48. The first-order valence-corrected chi connectivity index (χ1v) is 8.38. The average molecular weight is 327 g/mol. The molecule has 0 fully saturated rings. The van der Waals surface area contributed by atoms with Crippen LogP contribution in [0.15, 0.2) is 53.2 Å². The quantitative estimate of drug-likeness (QED) is 0.500. The maximum Gasteiger partial charge on any atom is 0.185 e. The van der Waals surface area contributed by atoms with Crippen molar-refractivity contribution in [3.05, 3.63) is 64.5 Å². The Bertz CT molecular complexity index is 786. The van der Waals surface area contributed by atoms with E-state index in [-0.39, 0.29) is 5.78 Å². The van der Waals surface area contributed by atoms with Gasteiger partial charge in [-0.3, -0.25) is 4.79 Å². The molecule has 0 saturated heterocycles. The zero-order valence-corrected chi connectivity index (χ0v) is 13.5. The van der Waals surface area contributed by atoms with Gasteiger partial charge in [-0.05, 0) is 47.9 Å². The average Bonchev–Trinajstić information content (AvgIpc) is 3.23. The van der Waals surface area contributed by atoms with E-state index in [1.165, 1.54) is 0 Å². The third kappa shape index (κ3) is 3.32. The summed E-state index contributed by atoms with van der Waals surface area (Å²) in [4.78, 5) is 17.8. The number of allylic oxidation sites excluding steroid dienone is 1. The van der Waals surface area contributed by atoms with E-state index in [9.17, 15) is 4.79 Å². The van der Waals surface area contributed by atoms with E-state index in [1.807, 2.05) is 22.9 Å². The molecule has 0 radical (unpaired) electrons. The number of hydrogen-bond donors (Lipinski definition) is 0. The lowest BCUT2D eigenvalue weighted by molar-refractivity contribution is 0.104. The first kappa shape index (κ1) is 14.7. The molecule has 2 heterocycles. The van der Waals surface area contributed by atoms with Gasteiger partial charge in [-0.15, -0.1) is 22.7 Å². The molecule has 0 bridgehead atoms. The fourth-order valence-electron chi connectivity index (χ4n) is 1.89. The van der Waals surface area contributed by atoms with Gasteiger partial charge in [0.2, 0.25) is 0 Å². The smallest absolute Gasteiger partial charge is 0.185 e. The molecule has 0 aliphatic heterocycles. The van der Waals surface area contributed by atoms with Crippen LogP contribution in [0.4, 0.5) is 0 Å². The Morgan fingerprint density at radius 2 is 2.00 bits per heavy atom. The Hall–Kier alpha value is -2.24. The molecule has 0 N–H and O–H groups in total. The molecule has 0 aliphatic carbocycles. The molecule has 0 unspecified atom stereocenters. The predicted molar refractivity (Wildman–Crippen MR) is 91.8 cm³/mol. The van der Waals surface area contributed by atoms with Crippen molar-refractivity contribution >= 4 is 34.5 Å². The highest BCUT2D eigenvalue weighted by atomic mass is 32.1. The van der Waals surface area contributed by atoms with Gasteiger partial charge in [0.15, 0.2) is 5.78 Å². The van der Waals surface area contributed by atoms with Crippen LogP contribution in [0.3, 0.4) is 0 Å². The van der Waals surface area contributed by atoms with E-state index in [2.05, 4.69) is 4.98 Å². The summed E-state index contributed by atoms with van der Waals surface area (Å²) in [6.07, 6.45) is 3.30. The summed E-state index contributed by atoms with van der Waals surface area (Å²) >= 11 is 3.24. The Morgan fingerprint density at radius 1 is 1.18 bits per heavy atom. The van der Waals surface area contributed by atoms with Crippen LogP contribution in [0.2, 0.25) is 0 Å². The van der Waals surface area contributed by atoms with Gasteiger partial charge in [0, 0.05) is 10.9 Å². The molecule has 0 spiro atoms. The molecule has 3 aromatic rings. The van der Waals surface area contributed by atoms with Crippen LogP contribution in [-0.2, 0) is 0 Å². The summed E-state index contributed by atoms with van der Waals surface area (Å²) in [5.74, 6) is 0.689. The van der Waals surface area contributed by atoms with Gasteiger partial charge >= 0.3 is 0 Å². The molecular formula is C17H13NO2S2. The minimum Gasteiger partial charge on any atom is -0.497 e. The van der Waals surface area contributed by atoms with Crippen molar-refractivity contribution in [2.75, 3.05) is 7.11 Å². The highest BCUT2D eigenvalue weighted by molar-refractivity contribution is 7.20. The van der Waals surface area contributed by atoms with Crippen LogP contribution in [0, 0.1) is 0 Å². The standard InChI is InChI=1S/C17H13NO2S2/c1-20-14-7-4-12(5-8-14)15(19)9-6-13-11-22-17(18-13)16-3-2-10-21-16/h2-11H,1H3. The van der Waals surface area contributed by atoms with E-state index in [0.29, 0.717) is 5.56 Å². The third-order valence-electron chi connectivity index (χ3n) is 3.03. The van der Waals surface area contributed by atoms with Crippen LogP contribution >= 0.6 is 22.7 Å². The van der Waals surface area contributed by atoms with Crippen LogP contribution in [-0.4, -0.2) is 17.9 Å². The number of methoxy groups -OCH3 is 1. The number of carbonyl (C=O) groups is 1. The van der Waals surface area contributed by atoms with E-state index >= 15 is 0 Å². The number of benzene rings is 1. The second kappa shape index (κ2) is 6.68. The van der Waals surface area contributed by atoms with E-state index in [1.54, 1.807) is 66.2 Å². The Kier molecular flexibility index (Phi) is 4.46. The molecular weight excluding hydrogens is 314 g/mol. The summed E-state index contributed by atoms with van der Waals surface area (Å²) in [7, 11) is 1.60. The third-order valence-corrected chi connectivity index (χ3v) is 4.93. The minimum atomic E-state index is -0.0478. The first-order valence-electron chi connectivity index (χ1n) is 6.62. The molecule has 22 heavy (non-hydrogen) atoms. The number of carbonyl (C=O) groups excluding carboxylic acids is 1. The van der Waals surface area contributed by atoms with Crippen LogP contribution < -0.4 is 4.74 Å². The predicted octanol–water partition coefficient (Wildman–Crippen LogP) is 4.78. The van der Waals surface area contributed by atoms with E-state index < -0.39 is 0 Å². The number of nitrogens with zero attached hydrogens (tertiary/aromatic N) is 1. The number of ether oxygens (including phenoxy) is 1. The normalized spacial score (nSPS) is 11.0. The lowest BCUT2D eigenvalue weighted by atomic mass is 10.1. The fourth-order valence-corrected chi connectivity index (χ4v) is 3.49. The maximum absolute atomic E-state index is 12.1. The van der Waals surface area contributed by atoms with Crippen molar-refractivity contribution in [2.24, 2.45) is 0 Å². The van der Waals surface area contributed by atoms with Gasteiger partial charge in [0.25, 0.3) is 0 Å². The zero-order valence-electron chi connectivity index (χ0n) is 11.9. The first-order chi connectivity index (χ1) is 10.8. The van der Waals surface area contributed by atoms with Crippen LogP contribution in [0.1, 0.15) is 16.1 Å². The monoisotopic (exact) mass is 327 g/mol.